The molecule has 0 spiro atoms. The van der Waals surface area contributed by atoms with Crippen LogP contribution in [-0.4, -0.2) is 11.4 Å². The summed E-state index contributed by atoms with van der Waals surface area (Å²) >= 11 is 1.22. The average Bonchev–Trinajstić information content (AvgIpc) is 2.43. The van der Waals surface area contributed by atoms with Gasteiger partial charge in [0.1, 0.15) is 6.29 Å². The first-order valence-corrected chi connectivity index (χ1v) is 4.40. The second-order valence-electron chi connectivity index (χ2n) is 2.64. The summed E-state index contributed by atoms with van der Waals surface area (Å²) in [7, 11) is 0. The molecule has 1 aromatic carbocycles. The Hall–Kier alpha value is -1.09. The number of rotatable bonds is 1. The number of benzene rings is 1. The van der Waals surface area contributed by atoms with E-state index in [0.717, 1.165) is 16.7 Å². The van der Waals surface area contributed by atoms with Crippen LogP contribution in [0.25, 0.3) is 0 Å². The van der Waals surface area contributed by atoms with E-state index in [1.165, 1.54) is 11.8 Å². The standard InChI is InChI=1S/C9H6O2S/c10-5-6-1-2-7-4-9(11)12-8(7)3-6/h1-3,5H,4H2. The molecule has 0 fully saturated rings. The normalized spacial score (nSPS) is 14.5. The zero-order valence-electron chi connectivity index (χ0n) is 6.24. The highest BCUT2D eigenvalue weighted by Gasteiger charge is 2.18. The lowest BCUT2D eigenvalue weighted by Crippen LogP contribution is -1.86. The van der Waals surface area contributed by atoms with Gasteiger partial charge in [-0.3, -0.25) is 9.59 Å². The maximum absolute atomic E-state index is 11.0. The van der Waals surface area contributed by atoms with Gasteiger partial charge in [-0.25, -0.2) is 0 Å². The fraction of sp³-hybridized carbons (Fsp3) is 0.111. The van der Waals surface area contributed by atoms with E-state index >= 15 is 0 Å². The van der Waals surface area contributed by atoms with Crippen LogP contribution in [0.4, 0.5) is 0 Å². The molecule has 0 unspecified atom stereocenters. The topological polar surface area (TPSA) is 34.1 Å². The Bertz CT molecular complexity index is 358. The van der Waals surface area contributed by atoms with Crippen LogP contribution in [0.3, 0.4) is 0 Å². The Labute approximate surface area is 74.0 Å². The minimum atomic E-state index is 0.160. The summed E-state index contributed by atoms with van der Waals surface area (Å²) in [5.41, 5.74) is 1.67. The number of hydrogen-bond acceptors (Lipinski definition) is 3. The largest absolute Gasteiger partial charge is 0.298 e. The molecule has 60 valence electrons. The van der Waals surface area contributed by atoms with Crippen LogP contribution in [0.2, 0.25) is 0 Å². The van der Waals surface area contributed by atoms with Crippen molar-refractivity contribution in [3.05, 3.63) is 29.3 Å². The predicted molar refractivity (Wildman–Crippen MR) is 46.4 cm³/mol. The van der Waals surface area contributed by atoms with E-state index in [9.17, 15) is 9.59 Å². The Morgan fingerprint density at radius 3 is 3.00 bits per heavy atom. The lowest BCUT2D eigenvalue weighted by atomic mass is 10.1. The minimum Gasteiger partial charge on any atom is -0.298 e. The Morgan fingerprint density at radius 1 is 1.42 bits per heavy atom. The molecule has 0 amide bonds. The predicted octanol–water partition coefficient (Wildman–Crippen LogP) is 1.67. The highest BCUT2D eigenvalue weighted by molar-refractivity contribution is 8.14. The van der Waals surface area contributed by atoms with Gasteiger partial charge in [0, 0.05) is 16.9 Å². The van der Waals surface area contributed by atoms with E-state index < -0.39 is 0 Å². The van der Waals surface area contributed by atoms with Gasteiger partial charge in [0.05, 0.1) is 0 Å². The third-order valence-electron chi connectivity index (χ3n) is 1.79. The van der Waals surface area contributed by atoms with Crippen LogP contribution in [0.1, 0.15) is 15.9 Å². The van der Waals surface area contributed by atoms with E-state index in [4.69, 9.17) is 0 Å². The lowest BCUT2D eigenvalue weighted by Gasteiger charge is -1.95. The highest BCUT2D eigenvalue weighted by Crippen LogP contribution is 2.32. The summed E-state index contributed by atoms with van der Waals surface area (Å²) in [4.78, 5) is 22.3. The smallest absolute Gasteiger partial charge is 0.198 e. The maximum Gasteiger partial charge on any atom is 0.198 e. The van der Waals surface area contributed by atoms with Crippen molar-refractivity contribution in [3.8, 4) is 0 Å². The molecule has 0 atom stereocenters. The summed E-state index contributed by atoms with van der Waals surface area (Å²) in [6.45, 7) is 0. The monoisotopic (exact) mass is 178 g/mol. The van der Waals surface area contributed by atoms with Crippen molar-refractivity contribution < 1.29 is 9.59 Å². The lowest BCUT2D eigenvalue weighted by molar-refractivity contribution is -0.110. The van der Waals surface area contributed by atoms with E-state index in [-0.39, 0.29) is 5.12 Å². The number of aldehydes is 1. The Kier molecular flexibility index (Phi) is 1.73. The molecule has 2 nitrogen and oxygen atoms in total. The number of thioether (sulfide) groups is 1. The van der Waals surface area contributed by atoms with E-state index in [2.05, 4.69) is 0 Å². The van der Waals surface area contributed by atoms with Gasteiger partial charge in [-0.05, 0) is 11.6 Å². The average molecular weight is 178 g/mol. The summed E-state index contributed by atoms with van der Waals surface area (Å²) in [5, 5.41) is 0.160. The van der Waals surface area contributed by atoms with E-state index in [1.807, 2.05) is 6.07 Å². The summed E-state index contributed by atoms with van der Waals surface area (Å²) < 4.78 is 0. The van der Waals surface area contributed by atoms with Crippen molar-refractivity contribution in [2.45, 2.75) is 11.3 Å². The molecule has 1 aliphatic heterocycles. The van der Waals surface area contributed by atoms with Crippen LogP contribution in [0.15, 0.2) is 23.1 Å². The summed E-state index contributed by atoms with van der Waals surface area (Å²) in [5.74, 6) is 0. The number of hydrogen-bond donors (Lipinski definition) is 0. The highest BCUT2D eigenvalue weighted by atomic mass is 32.2. The number of carbonyl (C=O) groups is 2. The van der Waals surface area contributed by atoms with Gasteiger partial charge in [-0.15, -0.1) is 0 Å². The van der Waals surface area contributed by atoms with Crippen molar-refractivity contribution in [1.82, 2.24) is 0 Å². The Balaban J connectivity index is 2.48. The molecule has 12 heavy (non-hydrogen) atoms. The van der Waals surface area contributed by atoms with Crippen molar-refractivity contribution >= 4 is 23.2 Å². The maximum atomic E-state index is 11.0. The molecular formula is C9H6O2S. The van der Waals surface area contributed by atoms with Crippen molar-refractivity contribution in [3.63, 3.8) is 0 Å². The van der Waals surface area contributed by atoms with Crippen molar-refractivity contribution in [2.24, 2.45) is 0 Å². The second-order valence-corrected chi connectivity index (χ2v) is 3.74. The third-order valence-corrected chi connectivity index (χ3v) is 2.76. The van der Waals surface area contributed by atoms with Crippen LogP contribution in [-0.2, 0) is 11.2 Å². The summed E-state index contributed by atoms with van der Waals surface area (Å²) in [6, 6.07) is 5.35. The molecule has 0 aliphatic carbocycles. The molecule has 2 rings (SSSR count). The minimum absolute atomic E-state index is 0.160. The quantitative estimate of drug-likeness (QED) is 0.613. The molecule has 1 aliphatic rings. The molecule has 0 aromatic heterocycles. The first-order valence-electron chi connectivity index (χ1n) is 3.58. The molecular weight excluding hydrogens is 172 g/mol. The first kappa shape index (κ1) is 7.55. The van der Waals surface area contributed by atoms with Gasteiger partial charge in [-0.2, -0.15) is 0 Å². The van der Waals surface area contributed by atoms with Crippen LogP contribution < -0.4 is 0 Å². The Morgan fingerprint density at radius 2 is 2.25 bits per heavy atom. The second kappa shape index (κ2) is 2.75. The number of fused-ring (bicyclic) bond motifs is 1. The molecule has 0 N–H and O–H groups in total. The molecule has 1 aromatic rings. The van der Waals surface area contributed by atoms with Gasteiger partial charge in [0.15, 0.2) is 5.12 Å². The van der Waals surface area contributed by atoms with Gasteiger partial charge in [0.2, 0.25) is 0 Å². The van der Waals surface area contributed by atoms with Crippen molar-refractivity contribution in [2.75, 3.05) is 0 Å². The number of carbonyl (C=O) groups excluding carboxylic acids is 2. The fourth-order valence-electron chi connectivity index (χ4n) is 1.20. The third kappa shape index (κ3) is 1.16. The van der Waals surface area contributed by atoms with Gasteiger partial charge in [0.25, 0.3) is 0 Å². The molecule has 0 bridgehead atoms. The zero-order valence-corrected chi connectivity index (χ0v) is 7.06. The molecule has 0 saturated heterocycles. The van der Waals surface area contributed by atoms with Crippen LogP contribution in [0.5, 0.6) is 0 Å². The molecule has 0 saturated carbocycles. The van der Waals surface area contributed by atoms with Gasteiger partial charge >= 0.3 is 0 Å². The van der Waals surface area contributed by atoms with Gasteiger partial charge < -0.3 is 0 Å². The molecule has 3 heteroatoms. The van der Waals surface area contributed by atoms with Crippen LogP contribution >= 0.6 is 11.8 Å². The van der Waals surface area contributed by atoms with Crippen LogP contribution in [0, 0.1) is 0 Å². The van der Waals surface area contributed by atoms with E-state index in [0.29, 0.717) is 12.0 Å². The SMILES string of the molecule is O=Cc1ccc2c(c1)SC(=O)C2. The van der Waals surface area contributed by atoms with Crippen molar-refractivity contribution in [1.29, 1.82) is 0 Å². The van der Waals surface area contributed by atoms with Gasteiger partial charge in [-0.1, -0.05) is 23.9 Å². The van der Waals surface area contributed by atoms with E-state index in [1.54, 1.807) is 12.1 Å². The molecule has 0 radical (unpaired) electrons. The fourth-order valence-corrected chi connectivity index (χ4v) is 2.14. The first-order chi connectivity index (χ1) is 5.79. The molecule has 1 heterocycles. The summed E-state index contributed by atoms with van der Waals surface area (Å²) in [6.07, 6.45) is 1.29. The zero-order chi connectivity index (χ0) is 8.55.